The van der Waals surface area contributed by atoms with Gasteiger partial charge in [0.05, 0.1) is 5.57 Å². The van der Waals surface area contributed by atoms with Crippen LogP contribution in [0.15, 0.2) is 48.5 Å². The van der Waals surface area contributed by atoms with Crippen molar-refractivity contribution in [2.75, 3.05) is 19.0 Å². The lowest BCUT2D eigenvalue weighted by atomic mass is 10.0. The van der Waals surface area contributed by atoms with Crippen LogP contribution in [0.5, 0.6) is 0 Å². The maximum absolute atomic E-state index is 13.8. The van der Waals surface area contributed by atoms with Crippen LogP contribution in [0, 0.1) is 5.82 Å². The zero-order valence-electron chi connectivity index (χ0n) is 11.9. The fourth-order valence-corrected chi connectivity index (χ4v) is 1.97. The topological polar surface area (TPSA) is 40.5 Å². The number of aliphatic carboxylic acids is 1. The minimum Gasteiger partial charge on any atom is -0.478 e. The molecule has 0 amide bonds. The minimum atomic E-state index is -1.16. The van der Waals surface area contributed by atoms with Crippen LogP contribution in [0.25, 0.3) is 11.6 Å². The molecule has 0 aliphatic heterocycles. The van der Waals surface area contributed by atoms with E-state index in [-0.39, 0.29) is 11.1 Å². The zero-order chi connectivity index (χ0) is 15.4. The molecule has 0 aromatic heterocycles. The largest absolute Gasteiger partial charge is 0.478 e. The molecule has 0 atom stereocenters. The predicted molar refractivity (Wildman–Crippen MR) is 82.7 cm³/mol. The summed E-state index contributed by atoms with van der Waals surface area (Å²) >= 11 is 0. The van der Waals surface area contributed by atoms with Crippen LogP contribution in [0.1, 0.15) is 11.1 Å². The average molecular weight is 285 g/mol. The number of nitrogens with zero attached hydrogens (tertiary/aromatic N) is 1. The molecular formula is C17H16FNO2. The van der Waals surface area contributed by atoms with Crippen LogP contribution in [-0.4, -0.2) is 25.2 Å². The number of hydrogen-bond acceptors (Lipinski definition) is 2. The molecule has 4 heteroatoms. The molecule has 0 fully saturated rings. The molecule has 0 unspecified atom stereocenters. The molecule has 0 aliphatic rings. The van der Waals surface area contributed by atoms with Gasteiger partial charge in [0.1, 0.15) is 5.82 Å². The molecule has 21 heavy (non-hydrogen) atoms. The Morgan fingerprint density at radius 3 is 2.24 bits per heavy atom. The van der Waals surface area contributed by atoms with Gasteiger partial charge in [0.2, 0.25) is 0 Å². The fraction of sp³-hybridized carbons (Fsp3) is 0.118. The lowest BCUT2D eigenvalue weighted by Crippen LogP contribution is -2.08. The molecule has 1 N–H and O–H groups in total. The molecule has 3 nitrogen and oxygen atoms in total. The van der Waals surface area contributed by atoms with Gasteiger partial charge in [0.15, 0.2) is 0 Å². The first-order chi connectivity index (χ1) is 9.99. The van der Waals surface area contributed by atoms with E-state index in [4.69, 9.17) is 0 Å². The van der Waals surface area contributed by atoms with Gasteiger partial charge < -0.3 is 10.0 Å². The summed E-state index contributed by atoms with van der Waals surface area (Å²) in [6, 6.07) is 13.2. The van der Waals surface area contributed by atoms with Crippen molar-refractivity contribution in [2.45, 2.75) is 0 Å². The Morgan fingerprint density at radius 2 is 1.71 bits per heavy atom. The summed E-state index contributed by atoms with van der Waals surface area (Å²) in [6.45, 7) is 0. The Balaban J connectivity index is 2.43. The molecule has 0 saturated carbocycles. The van der Waals surface area contributed by atoms with E-state index in [2.05, 4.69) is 0 Å². The van der Waals surface area contributed by atoms with E-state index in [1.807, 2.05) is 31.1 Å². The van der Waals surface area contributed by atoms with E-state index < -0.39 is 11.8 Å². The van der Waals surface area contributed by atoms with Crippen molar-refractivity contribution in [1.82, 2.24) is 0 Å². The van der Waals surface area contributed by atoms with Crippen molar-refractivity contribution in [3.63, 3.8) is 0 Å². The number of carbonyl (C=O) groups is 1. The van der Waals surface area contributed by atoms with Gasteiger partial charge in [-0.2, -0.15) is 0 Å². The highest BCUT2D eigenvalue weighted by Crippen LogP contribution is 2.22. The Morgan fingerprint density at radius 1 is 1.10 bits per heavy atom. The second-order valence-electron chi connectivity index (χ2n) is 4.83. The van der Waals surface area contributed by atoms with Crippen molar-refractivity contribution in [2.24, 2.45) is 0 Å². The van der Waals surface area contributed by atoms with E-state index in [1.54, 1.807) is 18.2 Å². The fourth-order valence-electron chi connectivity index (χ4n) is 1.97. The molecule has 2 aromatic carbocycles. The van der Waals surface area contributed by atoms with Gasteiger partial charge in [0.25, 0.3) is 0 Å². The van der Waals surface area contributed by atoms with Gasteiger partial charge >= 0.3 is 5.97 Å². The van der Waals surface area contributed by atoms with Gasteiger partial charge in [0, 0.05) is 25.3 Å². The van der Waals surface area contributed by atoms with Gasteiger partial charge in [-0.1, -0.05) is 30.3 Å². The number of benzene rings is 2. The maximum atomic E-state index is 13.8. The molecule has 2 rings (SSSR count). The highest BCUT2D eigenvalue weighted by atomic mass is 19.1. The van der Waals surface area contributed by atoms with E-state index in [9.17, 15) is 14.3 Å². The van der Waals surface area contributed by atoms with Crippen molar-refractivity contribution < 1.29 is 14.3 Å². The summed E-state index contributed by atoms with van der Waals surface area (Å²) in [6.07, 6.45) is 1.47. The summed E-state index contributed by atoms with van der Waals surface area (Å²) in [4.78, 5) is 13.3. The van der Waals surface area contributed by atoms with Crippen molar-refractivity contribution in [1.29, 1.82) is 0 Å². The second kappa shape index (κ2) is 6.22. The molecule has 0 aliphatic carbocycles. The standard InChI is InChI=1S/C17H16FNO2/c1-19(2)13-9-7-12(8-10-13)11-15(17(20)21)14-5-3-4-6-16(14)18/h3-11H,1-2H3,(H,20,21)/b15-11+. The predicted octanol–water partition coefficient (Wildman–Crippen LogP) is 3.52. The Kier molecular flexibility index (Phi) is 4.38. The molecule has 2 aromatic rings. The SMILES string of the molecule is CN(C)c1ccc(/C=C(/C(=O)O)c2ccccc2F)cc1. The molecule has 0 heterocycles. The van der Waals surface area contributed by atoms with E-state index in [1.165, 1.54) is 24.3 Å². The monoisotopic (exact) mass is 285 g/mol. The highest BCUT2D eigenvalue weighted by Gasteiger charge is 2.14. The van der Waals surface area contributed by atoms with Gasteiger partial charge in [-0.25, -0.2) is 9.18 Å². The molecule has 0 spiro atoms. The second-order valence-corrected chi connectivity index (χ2v) is 4.83. The lowest BCUT2D eigenvalue weighted by Gasteiger charge is -2.12. The van der Waals surface area contributed by atoms with Crippen LogP contribution in [0.4, 0.5) is 10.1 Å². The van der Waals surface area contributed by atoms with E-state index in [0.717, 1.165) is 5.69 Å². The first-order valence-electron chi connectivity index (χ1n) is 6.46. The number of carboxylic acid groups (broad SMARTS) is 1. The minimum absolute atomic E-state index is 0.0642. The van der Waals surface area contributed by atoms with Crippen LogP contribution in [0.2, 0.25) is 0 Å². The molecule has 108 valence electrons. The van der Waals surface area contributed by atoms with Gasteiger partial charge in [-0.15, -0.1) is 0 Å². The third-order valence-corrected chi connectivity index (χ3v) is 3.11. The third kappa shape index (κ3) is 3.48. The maximum Gasteiger partial charge on any atom is 0.336 e. The first-order valence-corrected chi connectivity index (χ1v) is 6.46. The number of hydrogen-bond donors (Lipinski definition) is 1. The van der Waals surface area contributed by atoms with E-state index in [0.29, 0.717) is 5.56 Å². The van der Waals surface area contributed by atoms with Gasteiger partial charge in [-0.05, 0) is 29.8 Å². The van der Waals surface area contributed by atoms with Crippen molar-refractivity contribution in [3.8, 4) is 0 Å². The molecule has 0 bridgehead atoms. The van der Waals surface area contributed by atoms with Crippen LogP contribution in [-0.2, 0) is 4.79 Å². The number of rotatable bonds is 4. The quantitative estimate of drug-likeness (QED) is 0.690. The van der Waals surface area contributed by atoms with E-state index >= 15 is 0 Å². The molecule has 0 saturated heterocycles. The average Bonchev–Trinajstić information content (AvgIpc) is 2.46. The van der Waals surface area contributed by atoms with Crippen molar-refractivity contribution in [3.05, 3.63) is 65.5 Å². The molecular weight excluding hydrogens is 269 g/mol. The normalized spacial score (nSPS) is 11.3. The summed E-state index contributed by atoms with van der Waals surface area (Å²) in [5.74, 6) is -1.70. The molecule has 0 radical (unpaired) electrons. The first kappa shape index (κ1) is 14.8. The summed E-state index contributed by atoms with van der Waals surface area (Å²) in [5.41, 5.74) is 1.74. The van der Waals surface area contributed by atoms with Gasteiger partial charge in [-0.3, -0.25) is 0 Å². The number of anilines is 1. The van der Waals surface area contributed by atoms with Crippen LogP contribution < -0.4 is 4.90 Å². The third-order valence-electron chi connectivity index (χ3n) is 3.11. The van der Waals surface area contributed by atoms with Crippen molar-refractivity contribution >= 4 is 23.3 Å². The highest BCUT2D eigenvalue weighted by molar-refractivity contribution is 6.20. The summed E-state index contributed by atoms with van der Waals surface area (Å²) in [7, 11) is 3.85. The Labute approximate surface area is 123 Å². The number of halogens is 1. The lowest BCUT2D eigenvalue weighted by molar-refractivity contribution is -0.130. The van der Waals surface area contributed by atoms with Crippen LogP contribution >= 0.6 is 0 Å². The zero-order valence-corrected chi connectivity index (χ0v) is 11.9. The Bertz CT molecular complexity index is 675. The number of carboxylic acids is 1. The van der Waals surface area contributed by atoms with Crippen LogP contribution in [0.3, 0.4) is 0 Å². The Hall–Kier alpha value is -2.62. The smallest absolute Gasteiger partial charge is 0.336 e. The summed E-state index contributed by atoms with van der Waals surface area (Å²) in [5, 5.41) is 9.31. The summed E-state index contributed by atoms with van der Waals surface area (Å²) < 4.78 is 13.8.